The van der Waals surface area contributed by atoms with Crippen LogP contribution in [0.25, 0.3) is 0 Å². The van der Waals surface area contributed by atoms with E-state index in [0.29, 0.717) is 5.75 Å². The van der Waals surface area contributed by atoms with Crippen molar-refractivity contribution in [1.82, 2.24) is 4.72 Å². The number of nitrogens with one attached hydrogen (secondary N) is 1. The summed E-state index contributed by atoms with van der Waals surface area (Å²) in [4.78, 5) is 10.1. The van der Waals surface area contributed by atoms with Gasteiger partial charge in [-0.1, -0.05) is 6.92 Å². The summed E-state index contributed by atoms with van der Waals surface area (Å²) in [5, 5.41) is 0. The maximum absolute atomic E-state index is 10.4. The summed E-state index contributed by atoms with van der Waals surface area (Å²) < 4.78 is 12.6. The van der Waals surface area contributed by atoms with Gasteiger partial charge in [0, 0.05) is 12.7 Å². The summed E-state index contributed by atoms with van der Waals surface area (Å²) in [5.41, 5.74) is 0. The number of carbonyl (C=O) groups is 1. The van der Waals surface area contributed by atoms with Gasteiger partial charge in [-0.15, -0.1) is 0 Å². The molecule has 0 aliphatic heterocycles. The van der Waals surface area contributed by atoms with Gasteiger partial charge in [0.25, 0.3) is 0 Å². The molecule has 0 aromatic carbocycles. The van der Waals surface area contributed by atoms with Crippen molar-refractivity contribution in [2.45, 2.75) is 13.8 Å². The fourth-order valence-electron chi connectivity index (χ4n) is 0.232. The molecule has 0 fully saturated rings. The highest BCUT2D eigenvalue weighted by atomic mass is 32.2. The Kier molecular flexibility index (Phi) is 3.43. The normalized spacial score (nSPS) is 12.8. The minimum Gasteiger partial charge on any atom is -0.275 e. The molecule has 1 N–H and O–H groups in total. The van der Waals surface area contributed by atoms with Crippen LogP contribution in [0.1, 0.15) is 13.8 Å². The number of carbonyl (C=O) groups excluding carboxylic acids is 1. The Hall–Kier alpha value is -0.380. The third kappa shape index (κ3) is 3.80. The number of rotatable bonds is 2. The van der Waals surface area contributed by atoms with Gasteiger partial charge in [-0.3, -0.25) is 9.52 Å². The third-order valence-electron chi connectivity index (χ3n) is 0.520. The average Bonchev–Trinajstić information content (AvgIpc) is 1.65. The van der Waals surface area contributed by atoms with Crippen molar-refractivity contribution in [2.24, 2.45) is 0 Å². The van der Waals surface area contributed by atoms with Crippen LogP contribution in [-0.4, -0.2) is 15.9 Å². The first kappa shape index (κ1) is 7.62. The van der Waals surface area contributed by atoms with E-state index < -0.39 is 11.0 Å². The lowest BCUT2D eigenvalue weighted by molar-refractivity contribution is -0.117. The van der Waals surface area contributed by atoms with Crippen molar-refractivity contribution in [3.63, 3.8) is 0 Å². The van der Waals surface area contributed by atoms with Gasteiger partial charge in [-0.2, -0.15) is 0 Å². The van der Waals surface area contributed by atoms with E-state index in [1.807, 2.05) is 0 Å². The molecule has 1 unspecified atom stereocenters. The molecule has 0 aliphatic carbocycles. The van der Waals surface area contributed by atoms with Crippen molar-refractivity contribution in [3.8, 4) is 0 Å². The lowest BCUT2D eigenvalue weighted by Crippen LogP contribution is -2.23. The Morgan fingerprint density at radius 1 is 1.75 bits per heavy atom. The molecule has 1 atom stereocenters. The van der Waals surface area contributed by atoms with Crippen molar-refractivity contribution in [1.29, 1.82) is 0 Å². The SMILES string of the molecule is CCS(=O)NC(C)=O. The topological polar surface area (TPSA) is 46.2 Å². The van der Waals surface area contributed by atoms with E-state index in [4.69, 9.17) is 0 Å². The first-order valence-electron chi connectivity index (χ1n) is 2.32. The lowest BCUT2D eigenvalue weighted by Gasteiger charge is -1.94. The molecule has 0 spiro atoms. The molecule has 4 heteroatoms. The van der Waals surface area contributed by atoms with Crippen LogP contribution >= 0.6 is 0 Å². The Bertz CT molecular complexity index is 113. The number of amides is 1. The van der Waals surface area contributed by atoms with Gasteiger partial charge in [0.05, 0.1) is 0 Å². The summed E-state index contributed by atoms with van der Waals surface area (Å²) in [6.07, 6.45) is 0. The largest absolute Gasteiger partial charge is 0.275 e. The molecule has 3 nitrogen and oxygen atoms in total. The first-order chi connectivity index (χ1) is 3.66. The van der Waals surface area contributed by atoms with Gasteiger partial charge >= 0.3 is 0 Å². The Labute approximate surface area is 51.1 Å². The summed E-state index contributed by atoms with van der Waals surface area (Å²) in [5.74, 6) is 0.227. The van der Waals surface area contributed by atoms with Gasteiger partial charge in [0.15, 0.2) is 0 Å². The molecule has 0 bridgehead atoms. The second-order valence-corrected chi connectivity index (χ2v) is 2.76. The van der Waals surface area contributed by atoms with Crippen LogP contribution in [-0.2, 0) is 15.8 Å². The standard InChI is InChI=1S/C4H9NO2S/c1-3-8(7)5-4(2)6/h3H2,1-2H3,(H,5,6). The van der Waals surface area contributed by atoms with E-state index in [0.717, 1.165) is 0 Å². The monoisotopic (exact) mass is 135 g/mol. The fourth-order valence-corrected chi connectivity index (χ4v) is 0.697. The fraction of sp³-hybridized carbons (Fsp3) is 0.750. The zero-order valence-corrected chi connectivity index (χ0v) is 5.75. The van der Waals surface area contributed by atoms with Crippen molar-refractivity contribution >= 4 is 16.9 Å². The zero-order valence-electron chi connectivity index (χ0n) is 4.93. The van der Waals surface area contributed by atoms with Gasteiger partial charge in [-0.05, 0) is 0 Å². The second kappa shape index (κ2) is 3.60. The number of hydrogen-bond acceptors (Lipinski definition) is 2. The van der Waals surface area contributed by atoms with Crippen LogP contribution in [0.15, 0.2) is 0 Å². The molecule has 0 radical (unpaired) electrons. The molecule has 0 saturated carbocycles. The maximum Gasteiger partial charge on any atom is 0.228 e. The smallest absolute Gasteiger partial charge is 0.228 e. The highest BCUT2D eigenvalue weighted by Gasteiger charge is 1.94. The van der Waals surface area contributed by atoms with Crippen molar-refractivity contribution in [2.75, 3.05) is 5.75 Å². The molecule has 0 rings (SSSR count). The molecule has 1 amide bonds. The average molecular weight is 135 g/mol. The third-order valence-corrected chi connectivity index (χ3v) is 1.56. The van der Waals surface area contributed by atoms with E-state index in [1.54, 1.807) is 6.92 Å². The molecule has 0 saturated heterocycles. The molecule has 0 aromatic rings. The highest BCUT2D eigenvalue weighted by Crippen LogP contribution is 1.71. The second-order valence-electron chi connectivity index (χ2n) is 1.29. The molecule has 48 valence electrons. The highest BCUT2D eigenvalue weighted by molar-refractivity contribution is 7.83. The summed E-state index contributed by atoms with van der Waals surface area (Å²) in [6, 6.07) is 0. The van der Waals surface area contributed by atoms with Crippen LogP contribution in [0.2, 0.25) is 0 Å². The molecule has 0 aromatic heterocycles. The van der Waals surface area contributed by atoms with Crippen LogP contribution in [0.5, 0.6) is 0 Å². The van der Waals surface area contributed by atoms with Crippen molar-refractivity contribution in [3.05, 3.63) is 0 Å². The zero-order chi connectivity index (χ0) is 6.57. The minimum atomic E-state index is -1.16. The van der Waals surface area contributed by atoms with Crippen LogP contribution in [0.3, 0.4) is 0 Å². The Balaban J connectivity index is 3.40. The number of hydrogen-bond donors (Lipinski definition) is 1. The molecule has 0 heterocycles. The summed E-state index contributed by atoms with van der Waals surface area (Å²) >= 11 is 0. The Morgan fingerprint density at radius 2 is 2.25 bits per heavy atom. The van der Waals surface area contributed by atoms with Gasteiger partial charge in [0.1, 0.15) is 11.0 Å². The van der Waals surface area contributed by atoms with E-state index in [2.05, 4.69) is 4.72 Å². The maximum atomic E-state index is 10.4. The lowest BCUT2D eigenvalue weighted by atomic mass is 10.8. The van der Waals surface area contributed by atoms with Gasteiger partial charge in [-0.25, -0.2) is 4.21 Å². The predicted octanol–water partition coefficient (Wildman–Crippen LogP) is -0.194. The van der Waals surface area contributed by atoms with Crippen LogP contribution < -0.4 is 4.72 Å². The molecule has 0 aliphatic rings. The van der Waals surface area contributed by atoms with E-state index in [-0.39, 0.29) is 5.91 Å². The molecular formula is C4H9NO2S. The van der Waals surface area contributed by atoms with Crippen molar-refractivity contribution < 1.29 is 9.00 Å². The van der Waals surface area contributed by atoms with Gasteiger partial charge < -0.3 is 0 Å². The van der Waals surface area contributed by atoms with Crippen LogP contribution in [0.4, 0.5) is 0 Å². The van der Waals surface area contributed by atoms with E-state index in [1.165, 1.54) is 6.92 Å². The van der Waals surface area contributed by atoms with Crippen LogP contribution in [0, 0.1) is 0 Å². The Morgan fingerprint density at radius 3 is 2.38 bits per heavy atom. The summed E-state index contributed by atoms with van der Waals surface area (Å²) in [7, 11) is -1.16. The predicted molar refractivity (Wildman–Crippen MR) is 32.5 cm³/mol. The van der Waals surface area contributed by atoms with E-state index in [9.17, 15) is 9.00 Å². The first-order valence-corrected chi connectivity index (χ1v) is 3.64. The quantitative estimate of drug-likeness (QED) is 0.570. The molecule has 8 heavy (non-hydrogen) atoms. The minimum absolute atomic E-state index is 0.245. The molecular weight excluding hydrogens is 126 g/mol. The summed E-state index contributed by atoms with van der Waals surface area (Å²) in [6.45, 7) is 3.08. The van der Waals surface area contributed by atoms with Gasteiger partial charge in [0.2, 0.25) is 5.91 Å². The van der Waals surface area contributed by atoms with E-state index >= 15 is 0 Å².